The number of halogens is 1. The van der Waals surface area contributed by atoms with Crippen molar-refractivity contribution in [2.24, 2.45) is 0 Å². The first kappa shape index (κ1) is 22.3. The van der Waals surface area contributed by atoms with E-state index < -0.39 is 0 Å². The van der Waals surface area contributed by atoms with Gasteiger partial charge in [0.2, 0.25) is 5.91 Å². The Morgan fingerprint density at radius 1 is 1.06 bits per heavy atom. The zero-order valence-electron chi connectivity index (χ0n) is 18.3. The Morgan fingerprint density at radius 2 is 1.79 bits per heavy atom. The summed E-state index contributed by atoms with van der Waals surface area (Å²) < 4.78 is 1.52. The molecule has 2 aromatic heterocycles. The van der Waals surface area contributed by atoms with E-state index in [-0.39, 0.29) is 17.2 Å². The van der Waals surface area contributed by atoms with Crippen molar-refractivity contribution in [1.29, 1.82) is 0 Å². The van der Waals surface area contributed by atoms with Gasteiger partial charge in [-0.05, 0) is 54.4 Å². The first-order valence-corrected chi connectivity index (χ1v) is 12.2. The number of amides is 1. The van der Waals surface area contributed by atoms with Gasteiger partial charge < -0.3 is 10.3 Å². The highest BCUT2D eigenvalue weighted by Gasteiger charge is 2.18. The van der Waals surface area contributed by atoms with Gasteiger partial charge in [-0.2, -0.15) is 0 Å². The van der Waals surface area contributed by atoms with Crippen LogP contribution in [0, 0.1) is 0 Å². The number of aryl methyl sites for hydroxylation is 1. The summed E-state index contributed by atoms with van der Waals surface area (Å²) in [5, 5.41) is 4.77. The average Bonchev–Trinajstić information content (AvgIpc) is 3.23. The van der Waals surface area contributed by atoms with Crippen LogP contribution in [-0.4, -0.2) is 26.2 Å². The second kappa shape index (κ2) is 9.37. The Morgan fingerprint density at radius 3 is 2.53 bits per heavy atom. The van der Waals surface area contributed by atoms with Crippen LogP contribution in [0.4, 0.5) is 5.69 Å². The van der Waals surface area contributed by atoms with E-state index in [2.05, 4.69) is 17.2 Å². The van der Waals surface area contributed by atoms with Gasteiger partial charge in [0.15, 0.2) is 5.16 Å². The molecule has 8 heteroatoms. The van der Waals surface area contributed by atoms with Crippen LogP contribution >= 0.6 is 23.4 Å². The summed E-state index contributed by atoms with van der Waals surface area (Å²) in [4.78, 5) is 34.2. The molecule has 0 radical (unpaired) electrons. The average molecular weight is 489 g/mol. The smallest absolute Gasteiger partial charge is 0.283 e. The highest BCUT2D eigenvalue weighted by atomic mass is 35.5. The lowest BCUT2D eigenvalue weighted by Crippen LogP contribution is -2.23. The molecular weight excluding hydrogens is 468 g/mol. The zero-order chi connectivity index (χ0) is 23.7. The van der Waals surface area contributed by atoms with E-state index in [0.29, 0.717) is 26.9 Å². The molecule has 0 saturated heterocycles. The van der Waals surface area contributed by atoms with Gasteiger partial charge in [-0.25, -0.2) is 4.98 Å². The number of nitrogens with one attached hydrogen (secondary N) is 2. The molecule has 2 heterocycles. The number of carbonyl (C=O) groups is 1. The van der Waals surface area contributed by atoms with E-state index in [1.54, 1.807) is 24.3 Å². The number of rotatable bonds is 6. The summed E-state index contributed by atoms with van der Waals surface area (Å²) in [5.74, 6) is -0.0751. The molecular formula is C26H21ClN4O2S. The second-order valence-electron chi connectivity index (χ2n) is 7.79. The van der Waals surface area contributed by atoms with Crippen LogP contribution in [0.1, 0.15) is 12.5 Å². The van der Waals surface area contributed by atoms with Crippen molar-refractivity contribution < 1.29 is 4.79 Å². The topological polar surface area (TPSA) is 79.8 Å². The van der Waals surface area contributed by atoms with Gasteiger partial charge in [-0.1, -0.05) is 60.6 Å². The predicted octanol–water partition coefficient (Wildman–Crippen LogP) is 5.81. The van der Waals surface area contributed by atoms with E-state index in [4.69, 9.17) is 16.6 Å². The van der Waals surface area contributed by atoms with Crippen molar-refractivity contribution in [3.63, 3.8) is 0 Å². The minimum atomic E-state index is -0.235. The summed E-state index contributed by atoms with van der Waals surface area (Å²) in [6, 6.07) is 22.4. The Bertz CT molecular complexity index is 1560. The molecule has 3 aromatic carbocycles. The number of anilines is 1. The van der Waals surface area contributed by atoms with E-state index in [1.807, 2.05) is 48.5 Å². The van der Waals surface area contributed by atoms with E-state index in [1.165, 1.54) is 21.9 Å². The van der Waals surface area contributed by atoms with Crippen molar-refractivity contribution in [3.8, 4) is 5.69 Å². The largest absolute Gasteiger partial charge is 0.349 e. The fourth-order valence-electron chi connectivity index (χ4n) is 3.81. The third-order valence-electron chi connectivity index (χ3n) is 5.56. The lowest BCUT2D eigenvalue weighted by atomic mass is 10.1. The third-order valence-corrected chi connectivity index (χ3v) is 6.75. The summed E-state index contributed by atoms with van der Waals surface area (Å²) in [5.41, 5.74) is 4.17. The Kier molecular flexibility index (Phi) is 6.13. The van der Waals surface area contributed by atoms with Crippen LogP contribution in [0.5, 0.6) is 0 Å². The lowest BCUT2D eigenvalue weighted by Gasteiger charge is -2.12. The normalized spacial score (nSPS) is 11.2. The number of aromatic nitrogens is 3. The highest BCUT2D eigenvalue weighted by molar-refractivity contribution is 7.99. The molecule has 0 spiro atoms. The van der Waals surface area contributed by atoms with E-state index in [9.17, 15) is 9.59 Å². The van der Waals surface area contributed by atoms with Crippen LogP contribution in [0.3, 0.4) is 0 Å². The van der Waals surface area contributed by atoms with Crippen molar-refractivity contribution >= 4 is 56.9 Å². The van der Waals surface area contributed by atoms with E-state index >= 15 is 0 Å². The molecule has 0 aliphatic heterocycles. The van der Waals surface area contributed by atoms with Crippen molar-refractivity contribution in [2.45, 2.75) is 18.5 Å². The maximum atomic E-state index is 13.5. The lowest BCUT2D eigenvalue weighted by molar-refractivity contribution is -0.113. The molecule has 1 amide bonds. The predicted molar refractivity (Wildman–Crippen MR) is 139 cm³/mol. The number of carbonyl (C=O) groups excluding carboxylic acids is 1. The fraction of sp³-hybridized carbons (Fsp3) is 0.115. The number of H-pyrrole nitrogens is 1. The van der Waals surface area contributed by atoms with Crippen LogP contribution < -0.4 is 10.9 Å². The van der Waals surface area contributed by atoms with Crippen molar-refractivity contribution in [3.05, 3.63) is 93.7 Å². The third kappa shape index (κ3) is 4.32. The molecule has 2 N–H and O–H groups in total. The number of para-hydroxylation sites is 1. The molecule has 0 aliphatic rings. The molecule has 6 nitrogen and oxygen atoms in total. The number of aromatic amines is 1. The number of fused-ring (bicyclic) bond motifs is 3. The number of thioether (sulfide) groups is 1. The molecule has 0 atom stereocenters. The van der Waals surface area contributed by atoms with Crippen LogP contribution in [-0.2, 0) is 11.2 Å². The molecule has 0 aliphatic carbocycles. The molecule has 0 bridgehead atoms. The first-order chi connectivity index (χ1) is 16.5. The zero-order valence-corrected chi connectivity index (χ0v) is 19.9. The molecule has 0 unspecified atom stereocenters. The number of benzene rings is 3. The maximum Gasteiger partial charge on any atom is 0.283 e. The van der Waals surface area contributed by atoms with Gasteiger partial charge in [0, 0.05) is 21.6 Å². The molecule has 170 valence electrons. The van der Waals surface area contributed by atoms with E-state index in [0.717, 1.165) is 23.0 Å². The Labute approximate surface area is 205 Å². The number of hydrogen-bond acceptors (Lipinski definition) is 4. The van der Waals surface area contributed by atoms with Gasteiger partial charge in [0.05, 0.1) is 11.4 Å². The fourth-order valence-corrected chi connectivity index (χ4v) is 4.74. The summed E-state index contributed by atoms with van der Waals surface area (Å²) in [7, 11) is 0. The van der Waals surface area contributed by atoms with Crippen LogP contribution in [0.2, 0.25) is 5.02 Å². The standard InChI is InChI=1S/C26H21ClN4O2S/c1-2-16-7-11-18(12-8-16)28-22(32)15-34-26-30-23-20-5-3-4-6-21(20)29-24(23)25(33)31(26)19-13-9-17(27)10-14-19/h3-14,29H,2,15H2,1H3,(H,28,32). The maximum absolute atomic E-state index is 13.5. The summed E-state index contributed by atoms with van der Waals surface area (Å²) in [6.07, 6.45) is 0.939. The number of nitrogens with zero attached hydrogens (tertiary/aromatic N) is 2. The van der Waals surface area contributed by atoms with Gasteiger partial charge in [0.1, 0.15) is 11.0 Å². The minimum absolute atomic E-state index is 0.101. The minimum Gasteiger partial charge on any atom is -0.349 e. The van der Waals surface area contributed by atoms with Crippen LogP contribution in [0.25, 0.3) is 27.6 Å². The summed E-state index contributed by atoms with van der Waals surface area (Å²) >= 11 is 7.27. The van der Waals surface area contributed by atoms with Gasteiger partial charge in [-0.3, -0.25) is 14.2 Å². The first-order valence-electron chi connectivity index (χ1n) is 10.8. The van der Waals surface area contributed by atoms with Crippen molar-refractivity contribution in [1.82, 2.24) is 14.5 Å². The number of hydrogen-bond donors (Lipinski definition) is 2. The Hall–Kier alpha value is -3.55. The Balaban J connectivity index is 1.52. The van der Waals surface area contributed by atoms with Gasteiger partial charge in [-0.15, -0.1) is 0 Å². The van der Waals surface area contributed by atoms with Crippen molar-refractivity contribution in [2.75, 3.05) is 11.1 Å². The molecule has 34 heavy (non-hydrogen) atoms. The monoisotopic (exact) mass is 488 g/mol. The highest BCUT2D eigenvalue weighted by Crippen LogP contribution is 2.27. The quantitative estimate of drug-likeness (QED) is 0.233. The molecule has 5 aromatic rings. The van der Waals surface area contributed by atoms with Crippen LogP contribution in [0.15, 0.2) is 82.7 Å². The molecule has 0 saturated carbocycles. The molecule has 0 fully saturated rings. The second-order valence-corrected chi connectivity index (χ2v) is 9.17. The summed E-state index contributed by atoms with van der Waals surface area (Å²) in [6.45, 7) is 2.09. The van der Waals surface area contributed by atoms with Gasteiger partial charge >= 0.3 is 0 Å². The SMILES string of the molecule is CCc1ccc(NC(=O)CSc2nc3c([nH]c4ccccc43)c(=O)n2-c2ccc(Cl)cc2)cc1. The molecule has 5 rings (SSSR count). The van der Waals surface area contributed by atoms with Gasteiger partial charge in [0.25, 0.3) is 5.56 Å².